The topological polar surface area (TPSA) is 63.0 Å². The van der Waals surface area contributed by atoms with Gasteiger partial charge in [-0.05, 0) is 12.8 Å². The summed E-state index contributed by atoms with van der Waals surface area (Å²) in [5.41, 5.74) is 0. The van der Waals surface area contributed by atoms with Crippen molar-refractivity contribution >= 4 is 5.95 Å². The number of hydrogen-bond donors (Lipinski definition) is 2. The van der Waals surface area contributed by atoms with E-state index in [4.69, 9.17) is 5.11 Å². The molecule has 0 unspecified atom stereocenters. The van der Waals surface area contributed by atoms with E-state index in [2.05, 4.69) is 15.5 Å². The second-order valence-electron chi connectivity index (χ2n) is 3.51. The van der Waals surface area contributed by atoms with Crippen LogP contribution in [0, 0.1) is 0 Å². The molecule has 2 N–H and O–H groups in total. The van der Waals surface area contributed by atoms with Gasteiger partial charge in [0.1, 0.15) is 5.82 Å². The second kappa shape index (κ2) is 2.99. The zero-order chi connectivity index (χ0) is 9.42. The molecule has 5 nitrogen and oxygen atoms in total. The summed E-state index contributed by atoms with van der Waals surface area (Å²) in [4.78, 5) is 0. The van der Waals surface area contributed by atoms with Crippen LogP contribution in [0.25, 0.3) is 0 Å². The molecular formula is C8H14N4O. The predicted molar refractivity (Wildman–Crippen MR) is 48.5 cm³/mol. The van der Waals surface area contributed by atoms with Gasteiger partial charge in [0.2, 0.25) is 5.95 Å². The summed E-state index contributed by atoms with van der Waals surface area (Å²) in [6.45, 7) is 0. The van der Waals surface area contributed by atoms with E-state index in [1.165, 1.54) is 0 Å². The van der Waals surface area contributed by atoms with Gasteiger partial charge in [0, 0.05) is 20.0 Å². The smallest absolute Gasteiger partial charge is 0.224 e. The molecule has 1 heterocycles. The molecule has 1 aromatic heterocycles. The summed E-state index contributed by atoms with van der Waals surface area (Å²) >= 11 is 0. The summed E-state index contributed by atoms with van der Waals surface area (Å²) in [7, 11) is 3.76. The zero-order valence-corrected chi connectivity index (χ0v) is 7.86. The lowest BCUT2D eigenvalue weighted by Gasteiger charge is -2.30. The van der Waals surface area contributed by atoms with E-state index in [0.717, 1.165) is 24.6 Å². The number of aliphatic hydroxyl groups is 1. The molecule has 0 bridgehead atoms. The lowest BCUT2D eigenvalue weighted by atomic mass is 9.82. The van der Waals surface area contributed by atoms with Crippen molar-refractivity contribution in [2.45, 2.75) is 24.9 Å². The second-order valence-corrected chi connectivity index (χ2v) is 3.51. The Morgan fingerprint density at radius 3 is 2.62 bits per heavy atom. The average molecular weight is 182 g/mol. The number of nitrogens with zero attached hydrogens (tertiary/aromatic N) is 3. The van der Waals surface area contributed by atoms with Gasteiger partial charge in [-0.2, -0.15) is 0 Å². The summed E-state index contributed by atoms with van der Waals surface area (Å²) in [6, 6.07) is 0. The molecule has 1 saturated carbocycles. The SMILES string of the molecule is CNc1nnc(C2CC(O)C2)n1C. The van der Waals surface area contributed by atoms with E-state index in [1.54, 1.807) is 0 Å². The van der Waals surface area contributed by atoms with Crippen molar-refractivity contribution in [3.8, 4) is 0 Å². The van der Waals surface area contributed by atoms with Crippen LogP contribution < -0.4 is 5.32 Å². The number of aromatic nitrogens is 3. The van der Waals surface area contributed by atoms with Crippen molar-refractivity contribution in [2.24, 2.45) is 7.05 Å². The van der Waals surface area contributed by atoms with Crippen molar-refractivity contribution < 1.29 is 5.11 Å². The van der Waals surface area contributed by atoms with Crippen molar-refractivity contribution in [3.05, 3.63) is 5.82 Å². The van der Waals surface area contributed by atoms with Crippen LogP contribution in [0.5, 0.6) is 0 Å². The molecule has 0 aromatic carbocycles. The minimum atomic E-state index is -0.139. The van der Waals surface area contributed by atoms with Crippen LogP contribution in [-0.2, 0) is 7.05 Å². The Balaban J connectivity index is 2.17. The fraction of sp³-hybridized carbons (Fsp3) is 0.750. The third-order valence-corrected chi connectivity index (χ3v) is 2.61. The molecule has 1 aliphatic rings. The zero-order valence-electron chi connectivity index (χ0n) is 7.86. The molecule has 72 valence electrons. The lowest BCUT2D eigenvalue weighted by molar-refractivity contribution is 0.0707. The number of aliphatic hydroxyl groups excluding tert-OH is 1. The Labute approximate surface area is 76.8 Å². The average Bonchev–Trinajstić information content (AvgIpc) is 2.41. The first-order chi connectivity index (χ1) is 6.22. The minimum Gasteiger partial charge on any atom is -0.393 e. The minimum absolute atomic E-state index is 0.139. The molecule has 0 amide bonds. The highest BCUT2D eigenvalue weighted by Crippen LogP contribution is 2.35. The van der Waals surface area contributed by atoms with E-state index >= 15 is 0 Å². The van der Waals surface area contributed by atoms with Gasteiger partial charge in [-0.1, -0.05) is 0 Å². The molecule has 0 atom stereocenters. The predicted octanol–water partition coefficient (Wildman–Crippen LogP) is 0.0951. The Bertz CT molecular complexity index is 303. The Morgan fingerprint density at radius 1 is 1.46 bits per heavy atom. The number of hydrogen-bond acceptors (Lipinski definition) is 4. The molecule has 2 rings (SSSR count). The molecule has 0 radical (unpaired) electrons. The van der Waals surface area contributed by atoms with Crippen LogP contribution in [0.4, 0.5) is 5.95 Å². The maximum Gasteiger partial charge on any atom is 0.224 e. The number of nitrogens with one attached hydrogen (secondary N) is 1. The van der Waals surface area contributed by atoms with Gasteiger partial charge >= 0.3 is 0 Å². The third-order valence-electron chi connectivity index (χ3n) is 2.61. The molecule has 5 heteroatoms. The maximum absolute atomic E-state index is 9.16. The van der Waals surface area contributed by atoms with Crippen LogP contribution in [0.15, 0.2) is 0 Å². The Kier molecular flexibility index (Phi) is 1.95. The first kappa shape index (κ1) is 8.50. The lowest BCUT2D eigenvalue weighted by Crippen LogP contribution is -2.28. The molecule has 0 saturated heterocycles. The molecule has 1 aliphatic carbocycles. The van der Waals surface area contributed by atoms with Crippen LogP contribution in [-0.4, -0.2) is 33.0 Å². The summed E-state index contributed by atoms with van der Waals surface area (Å²) in [5.74, 6) is 2.13. The van der Waals surface area contributed by atoms with Crippen molar-refractivity contribution in [2.75, 3.05) is 12.4 Å². The van der Waals surface area contributed by atoms with Crippen LogP contribution in [0.3, 0.4) is 0 Å². The fourth-order valence-corrected chi connectivity index (χ4v) is 1.71. The normalized spacial score (nSPS) is 27.0. The molecule has 1 fully saturated rings. The van der Waals surface area contributed by atoms with Gasteiger partial charge in [-0.3, -0.25) is 0 Å². The molecular weight excluding hydrogens is 168 g/mol. The first-order valence-corrected chi connectivity index (χ1v) is 4.47. The number of rotatable bonds is 2. The summed E-state index contributed by atoms with van der Waals surface area (Å²) in [5, 5.41) is 20.2. The van der Waals surface area contributed by atoms with E-state index in [9.17, 15) is 0 Å². The molecule has 1 aromatic rings. The molecule has 0 aliphatic heterocycles. The Morgan fingerprint density at radius 2 is 2.15 bits per heavy atom. The molecule has 0 spiro atoms. The van der Waals surface area contributed by atoms with Crippen LogP contribution >= 0.6 is 0 Å². The van der Waals surface area contributed by atoms with Crippen LogP contribution in [0.2, 0.25) is 0 Å². The largest absolute Gasteiger partial charge is 0.393 e. The molecule has 13 heavy (non-hydrogen) atoms. The van der Waals surface area contributed by atoms with Crippen molar-refractivity contribution in [1.82, 2.24) is 14.8 Å². The maximum atomic E-state index is 9.16. The summed E-state index contributed by atoms with van der Waals surface area (Å²) in [6.07, 6.45) is 1.49. The fourth-order valence-electron chi connectivity index (χ4n) is 1.71. The van der Waals surface area contributed by atoms with Gasteiger partial charge in [0.15, 0.2) is 0 Å². The van der Waals surface area contributed by atoms with Gasteiger partial charge in [0.05, 0.1) is 6.10 Å². The van der Waals surface area contributed by atoms with E-state index in [1.807, 2.05) is 18.7 Å². The van der Waals surface area contributed by atoms with E-state index < -0.39 is 0 Å². The van der Waals surface area contributed by atoms with Gasteiger partial charge < -0.3 is 15.0 Å². The Hall–Kier alpha value is -1.10. The van der Waals surface area contributed by atoms with E-state index in [0.29, 0.717) is 5.92 Å². The monoisotopic (exact) mass is 182 g/mol. The highest BCUT2D eigenvalue weighted by atomic mass is 16.3. The first-order valence-electron chi connectivity index (χ1n) is 4.47. The summed E-state index contributed by atoms with van der Waals surface area (Å²) < 4.78 is 1.94. The van der Waals surface area contributed by atoms with Crippen molar-refractivity contribution in [1.29, 1.82) is 0 Å². The van der Waals surface area contributed by atoms with Gasteiger partial charge in [-0.25, -0.2) is 0 Å². The quantitative estimate of drug-likeness (QED) is 0.680. The standard InChI is InChI=1S/C8H14N4O/c1-9-8-11-10-7(12(8)2)5-3-6(13)4-5/h5-6,13H,3-4H2,1-2H3,(H,9,11). The highest BCUT2D eigenvalue weighted by Gasteiger charge is 2.32. The van der Waals surface area contributed by atoms with E-state index in [-0.39, 0.29) is 6.10 Å². The van der Waals surface area contributed by atoms with Crippen molar-refractivity contribution in [3.63, 3.8) is 0 Å². The highest BCUT2D eigenvalue weighted by molar-refractivity contribution is 5.25. The van der Waals surface area contributed by atoms with Gasteiger partial charge in [0.25, 0.3) is 0 Å². The third kappa shape index (κ3) is 1.29. The number of anilines is 1. The van der Waals surface area contributed by atoms with Crippen LogP contribution in [0.1, 0.15) is 24.6 Å². The van der Waals surface area contributed by atoms with Gasteiger partial charge in [-0.15, -0.1) is 10.2 Å².